The second-order valence-corrected chi connectivity index (χ2v) is 7.09. The van der Waals surface area contributed by atoms with Gasteiger partial charge in [-0.2, -0.15) is 0 Å². The third-order valence-corrected chi connectivity index (χ3v) is 4.81. The Morgan fingerprint density at radius 3 is 2.64 bits per heavy atom. The summed E-state index contributed by atoms with van der Waals surface area (Å²) in [5.74, 6) is 1.31. The smallest absolute Gasteiger partial charge is 0.151 e. The van der Waals surface area contributed by atoms with Crippen LogP contribution in [0.4, 0.5) is 5.82 Å². The summed E-state index contributed by atoms with van der Waals surface area (Å²) in [5.41, 5.74) is 10.3. The number of rotatable bonds is 11. The summed E-state index contributed by atoms with van der Waals surface area (Å²) in [7, 11) is 0. The molecule has 0 aliphatic heterocycles. The van der Waals surface area contributed by atoms with Crippen LogP contribution in [0.1, 0.15) is 49.6 Å². The van der Waals surface area contributed by atoms with Crippen molar-refractivity contribution >= 4 is 16.9 Å². The van der Waals surface area contributed by atoms with Gasteiger partial charge in [0.2, 0.25) is 0 Å². The highest BCUT2D eigenvalue weighted by molar-refractivity contribution is 5.88. The topological polar surface area (TPSA) is 86.2 Å². The number of benzene rings is 1. The summed E-state index contributed by atoms with van der Waals surface area (Å²) in [4.78, 5) is 9.33. The van der Waals surface area contributed by atoms with Gasteiger partial charge in [0, 0.05) is 19.2 Å². The predicted molar refractivity (Wildman–Crippen MR) is 112 cm³/mol. The van der Waals surface area contributed by atoms with Crippen molar-refractivity contribution in [2.45, 2.75) is 58.8 Å². The Morgan fingerprint density at radius 1 is 1.07 bits per heavy atom. The van der Waals surface area contributed by atoms with E-state index < -0.39 is 0 Å². The number of hydrogen-bond acceptors (Lipinski definition) is 5. The Labute approximate surface area is 166 Å². The van der Waals surface area contributed by atoms with Gasteiger partial charge in [-0.25, -0.2) is 9.97 Å². The molecule has 0 spiro atoms. The molecule has 3 N–H and O–H groups in total. The monoisotopic (exact) mass is 382 g/mol. The third-order valence-electron chi connectivity index (χ3n) is 4.81. The van der Waals surface area contributed by atoms with E-state index in [1.54, 1.807) is 0 Å². The van der Waals surface area contributed by atoms with Crippen LogP contribution in [-0.2, 0) is 30.9 Å². The molecule has 0 saturated heterocycles. The first-order valence-corrected chi connectivity index (χ1v) is 10.1. The van der Waals surface area contributed by atoms with E-state index in [2.05, 4.69) is 18.1 Å². The molecule has 0 bridgehead atoms. The van der Waals surface area contributed by atoms with Crippen LogP contribution >= 0.6 is 0 Å². The van der Waals surface area contributed by atoms with E-state index in [9.17, 15) is 0 Å². The number of aromatic nitrogens is 3. The molecule has 0 radical (unpaired) electrons. The van der Waals surface area contributed by atoms with E-state index in [1.807, 2.05) is 34.9 Å². The highest BCUT2D eigenvalue weighted by Crippen LogP contribution is 2.26. The van der Waals surface area contributed by atoms with Crippen LogP contribution in [0.25, 0.3) is 11.0 Å². The molecule has 3 rings (SSSR count). The quantitative estimate of drug-likeness (QED) is 0.492. The lowest BCUT2D eigenvalue weighted by Gasteiger charge is -2.09. The molecule has 6 nitrogen and oxygen atoms in total. The molecule has 2 heterocycles. The lowest BCUT2D eigenvalue weighted by molar-refractivity contribution is 0.0667. The summed E-state index contributed by atoms with van der Waals surface area (Å²) < 4.78 is 7.92. The van der Waals surface area contributed by atoms with Crippen molar-refractivity contribution in [3.05, 3.63) is 53.5 Å². The summed E-state index contributed by atoms with van der Waals surface area (Å²) in [6, 6.07) is 10.1. The molecule has 6 heteroatoms. The number of aryl methyl sites for hydroxylation is 2. The fraction of sp³-hybridized carbons (Fsp3) is 0.455. The van der Waals surface area contributed by atoms with E-state index in [4.69, 9.17) is 20.6 Å². The molecule has 0 aliphatic carbocycles. The zero-order valence-electron chi connectivity index (χ0n) is 16.6. The first-order chi connectivity index (χ1) is 13.7. The number of ether oxygens (including phenoxy) is 1. The van der Waals surface area contributed by atoms with Gasteiger partial charge >= 0.3 is 0 Å². The average molecular weight is 383 g/mol. The third kappa shape index (κ3) is 5.09. The first-order valence-electron chi connectivity index (χ1n) is 10.1. The van der Waals surface area contributed by atoms with Gasteiger partial charge in [-0.15, -0.1) is 0 Å². The second-order valence-electron chi connectivity index (χ2n) is 7.09. The van der Waals surface area contributed by atoms with Gasteiger partial charge in [-0.1, -0.05) is 43.7 Å². The molecule has 0 aliphatic rings. The zero-order chi connectivity index (χ0) is 19.8. The zero-order valence-corrected chi connectivity index (χ0v) is 16.6. The number of anilines is 1. The van der Waals surface area contributed by atoms with Gasteiger partial charge in [0.25, 0.3) is 0 Å². The number of nitrogens with zero attached hydrogens (tertiary/aromatic N) is 3. The fourth-order valence-corrected chi connectivity index (χ4v) is 3.34. The van der Waals surface area contributed by atoms with Crippen molar-refractivity contribution in [3.63, 3.8) is 0 Å². The van der Waals surface area contributed by atoms with Crippen molar-refractivity contribution in [2.24, 2.45) is 0 Å². The number of unbranched alkanes of at least 4 members (excludes halogenated alkanes) is 2. The van der Waals surface area contributed by atoms with Crippen molar-refractivity contribution in [2.75, 3.05) is 12.3 Å². The van der Waals surface area contributed by atoms with E-state index in [1.165, 1.54) is 0 Å². The number of aliphatic hydroxyl groups excluding tert-OH is 1. The van der Waals surface area contributed by atoms with Crippen LogP contribution in [0, 0.1) is 0 Å². The summed E-state index contributed by atoms with van der Waals surface area (Å²) in [6.07, 6.45) is 7.59. The van der Waals surface area contributed by atoms with Gasteiger partial charge in [-0.3, -0.25) is 0 Å². The van der Waals surface area contributed by atoms with E-state index in [-0.39, 0.29) is 6.61 Å². The average Bonchev–Trinajstić information content (AvgIpc) is 3.05. The molecule has 1 aromatic carbocycles. The highest BCUT2D eigenvalue weighted by Gasteiger charge is 2.15. The van der Waals surface area contributed by atoms with Crippen molar-refractivity contribution in [3.8, 4) is 0 Å². The van der Waals surface area contributed by atoms with Crippen LogP contribution in [0.5, 0.6) is 0 Å². The van der Waals surface area contributed by atoms with Crippen LogP contribution in [0.3, 0.4) is 0 Å². The molecule has 3 aromatic rings. The Morgan fingerprint density at radius 2 is 1.89 bits per heavy atom. The van der Waals surface area contributed by atoms with E-state index in [0.29, 0.717) is 19.2 Å². The number of hydrogen-bond donors (Lipinski definition) is 2. The number of fused-ring (bicyclic) bond motifs is 1. The predicted octanol–water partition coefficient (Wildman–Crippen LogP) is 3.85. The van der Waals surface area contributed by atoms with Gasteiger partial charge < -0.3 is 20.1 Å². The molecule has 0 saturated carbocycles. The first kappa shape index (κ1) is 20.3. The molecular weight excluding hydrogens is 352 g/mol. The second kappa shape index (κ2) is 10.2. The fourth-order valence-electron chi connectivity index (χ4n) is 3.34. The summed E-state index contributed by atoms with van der Waals surface area (Å²) >= 11 is 0. The van der Waals surface area contributed by atoms with Gasteiger partial charge in [0.15, 0.2) is 5.82 Å². The number of aliphatic hydroxyl groups is 1. The van der Waals surface area contributed by atoms with Crippen molar-refractivity contribution < 1.29 is 9.84 Å². The van der Waals surface area contributed by atoms with Crippen LogP contribution in [-0.4, -0.2) is 26.2 Å². The van der Waals surface area contributed by atoms with Crippen molar-refractivity contribution in [1.82, 2.24) is 14.5 Å². The lowest BCUT2D eigenvalue weighted by Crippen LogP contribution is -2.06. The molecule has 0 atom stereocenters. The molecular formula is C22H30N4O2. The van der Waals surface area contributed by atoms with Crippen LogP contribution in [0.2, 0.25) is 0 Å². The Kier molecular flexibility index (Phi) is 7.39. The summed E-state index contributed by atoms with van der Waals surface area (Å²) in [6.45, 7) is 3.30. The Balaban J connectivity index is 1.83. The minimum Gasteiger partial charge on any atom is -0.396 e. The van der Waals surface area contributed by atoms with Crippen molar-refractivity contribution in [1.29, 1.82) is 0 Å². The van der Waals surface area contributed by atoms with Crippen LogP contribution < -0.4 is 5.73 Å². The van der Waals surface area contributed by atoms with Gasteiger partial charge in [-0.05, 0) is 36.8 Å². The molecule has 0 amide bonds. The Bertz CT molecular complexity index is 877. The largest absolute Gasteiger partial charge is 0.396 e. The maximum Gasteiger partial charge on any atom is 0.151 e. The molecule has 2 aromatic heterocycles. The lowest BCUT2D eigenvalue weighted by atomic mass is 10.1. The molecule has 0 unspecified atom stereocenters. The number of nitrogen functional groups attached to an aromatic ring is 1. The summed E-state index contributed by atoms with van der Waals surface area (Å²) in [5, 5.41) is 9.10. The molecule has 150 valence electrons. The minimum absolute atomic E-state index is 0.206. The standard InChI is InChI=1S/C22H30N4O2/c1-2-3-12-19-24-20-18(11-7-8-13-27)14-26(21(20)22(23)25-19)16-28-15-17-9-5-4-6-10-17/h4-6,9-10,14,27H,2-3,7-8,11-13,15-16H2,1H3,(H2,23,24,25). The highest BCUT2D eigenvalue weighted by atomic mass is 16.5. The number of nitrogens with two attached hydrogens (primary N) is 1. The maximum absolute atomic E-state index is 9.10. The SMILES string of the molecule is CCCCc1nc(N)c2c(n1)c(CCCCO)cn2COCc1ccccc1. The van der Waals surface area contributed by atoms with Gasteiger partial charge in [0.05, 0.1) is 12.1 Å². The van der Waals surface area contributed by atoms with Gasteiger partial charge in [0.1, 0.15) is 18.1 Å². The molecule has 28 heavy (non-hydrogen) atoms. The minimum atomic E-state index is 0.206. The van der Waals surface area contributed by atoms with E-state index in [0.717, 1.165) is 66.5 Å². The maximum atomic E-state index is 9.10. The molecule has 0 fully saturated rings. The van der Waals surface area contributed by atoms with E-state index >= 15 is 0 Å². The van der Waals surface area contributed by atoms with Crippen LogP contribution in [0.15, 0.2) is 36.5 Å². The Hall–Kier alpha value is -2.44. The normalized spacial score (nSPS) is 11.4.